The van der Waals surface area contributed by atoms with Crippen LogP contribution in [0.2, 0.25) is 0 Å². The van der Waals surface area contributed by atoms with Gasteiger partial charge >= 0.3 is 0 Å². The number of aryl methyl sites for hydroxylation is 1. The van der Waals surface area contributed by atoms with E-state index in [-0.39, 0.29) is 0 Å². The fourth-order valence-electron chi connectivity index (χ4n) is 2.12. The van der Waals surface area contributed by atoms with Gasteiger partial charge in [-0.25, -0.2) is 4.98 Å². The van der Waals surface area contributed by atoms with Crippen LogP contribution in [0.3, 0.4) is 0 Å². The molecule has 0 amide bonds. The zero-order valence-corrected chi connectivity index (χ0v) is 13.7. The van der Waals surface area contributed by atoms with E-state index in [1.807, 2.05) is 6.92 Å². The van der Waals surface area contributed by atoms with E-state index in [9.17, 15) is 0 Å². The Bertz CT molecular complexity index is 392. The fraction of sp³-hybridized carbons (Fsp3) is 0.750. The second-order valence-electron chi connectivity index (χ2n) is 5.42. The second kappa shape index (κ2) is 8.77. The minimum absolute atomic E-state index is 0.509. The standard InChI is InChI=1S/C16H30N4/c1-6-9-11-20(14(5)8-3)15-12-13(4)18-16(19-15)17-10-7-2/h12,14H,6-11H2,1-5H3,(H,17,18,19). The van der Waals surface area contributed by atoms with Crippen LogP contribution in [0, 0.1) is 6.92 Å². The molecule has 1 atom stereocenters. The molecule has 0 saturated heterocycles. The number of hydrogen-bond donors (Lipinski definition) is 1. The van der Waals surface area contributed by atoms with E-state index >= 15 is 0 Å². The minimum Gasteiger partial charge on any atom is -0.354 e. The summed E-state index contributed by atoms with van der Waals surface area (Å²) in [7, 11) is 0. The van der Waals surface area contributed by atoms with Gasteiger partial charge in [-0.15, -0.1) is 0 Å². The van der Waals surface area contributed by atoms with Crippen molar-refractivity contribution < 1.29 is 0 Å². The number of hydrogen-bond acceptors (Lipinski definition) is 4. The van der Waals surface area contributed by atoms with Crippen LogP contribution in [0.4, 0.5) is 11.8 Å². The maximum Gasteiger partial charge on any atom is 0.224 e. The van der Waals surface area contributed by atoms with Gasteiger partial charge < -0.3 is 10.2 Å². The summed E-state index contributed by atoms with van der Waals surface area (Å²) in [6, 6.07) is 2.61. The first-order valence-electron chi connectivity index (χ1n) is 7.98. The van der Waals surface area contributed by atoms with Gasteiger partial charge in [0.05, 0.1) is 0 Å². The summed E-state index contributed by atoms with van der Waals surface area (Å²) in [6.07, 6.45) is 4.62. The zero-order chi connectivity index (χ0) is 15.0. The molecule has 114 valence electrons. The van der Waals surface area contributed by atoms with Crippen LogP contribution in [0.1, 0.15) is 59.1 Å². The van der Waals surface area contributed by atoms with Gasteiger partial charge in [0.2, 0.25) is 5.95 Å². The third kappa shape index (κ3) is 4.99. The van der Waals surface area contributed by atoms with Gasteiger partial charge in [-0.2, -0.15) is 4.98 Å². The molecule has 0 aliphatic heterocycles. The molecule has 1 aromatic heterocycles. The molecule has 0 aliphatic rings. The molecule has 0 radical (unpaired) electrons. The fourth-order valence-corrected chi connectivity index (χ4v) is 2.12. The molecular formula is C16H30N4. The van der Waals surface area contributed by atoms with Crippen molar-refractivity contribution in [2.75, 3.05) is 23.3 Å². The average molecular weight is 278 g/mol. The van der Waals surface area contributed by atoms with Crippen LogP contribution in [0.5, 0.6) is 0 Å². The molecule has 1 unspecified atom stereocenters. The average Bonchev–Trinajstić information content (AvgIpc) is 2.44. The summed E-state index contributed by atoms with van der Waals surface area (Å²) >= 11 is 0. The lowest BCUT2D eigenvalue weighted by atomic mass is 10.2. The van der Waals surface area contributed by atoms with Crippen molar-refractivity contribution in [2.24, 2.45) is 0 Å². The van der Waals surface area contributed by atoms with E-state index in [2.05, 4.69) is 49.0 Å². The van der Waals surface area contributed by atoms with Crippen LogP contribution in [0.25, 0.3) is 0 Å². The number of anilines is 2. The summed E-state index contributed by atoms with van der Waals surface area (Å²) in [5, 5.41) is 3.29. The van der Waals surface area contributed by atoms with Gasteiger partial charge in [0, 0.05) is 30.9 Å². The van der Waals surface area contributed by atoms with Crippen LogP contribution in [0.15, 0.2) is 6.07 Å². The molecule has 1 rings (SSSR count). The molecule has 1 N–H and O–H groups in total. The highest BCUT2D eigenvalue weighted by Gasteiger charge is 2.15. The maximum absolute atomic E-state index is 4.70. The topological polar surface area (TPSA) is 41.1 Å². The van der Waals surface area contributed by atoms with Crippen molar-refractivity contribution in [2.45, 2.75) is 66.3 Å². The molecular weight excluding hydrogens is 248 g/mol. The predicted molar refractivity (Wildman–Crippen MR) is 87.6 cm³/mol. The molecule has 4 nitrogen and oxygen atoms in total. The first-order chi connectivity index (χ1) is 9.62. The molecule has 0 spiro atoms. The molecule has 4 heteroatoms. The van der Waals surface area contributed by atoms with E-state index < -0.39 is 0 Å². The smallest absolute Gasteiger partial charge is 0.224 e. The molecule has 0 bridgehead atoms. The molecule has 1 aromatic rings. The molecule has 0 fully saturated rings. The van der Waals surface area contributed by atoms with Gasteiger partial charge in [0.25, 0.3) is 0 Å². The third-order valence-corrected chi connectivity index (χ3v) is 3.54. The Morgan fingerprint density at radius 2 is 1.95 bits per heavy atom. The Hall–Kier alpha value is -1.32. The van der Waals surface area contributed by atoms with E-state index in [1.54, 1.807) is 0 Å². The SMILES string of the molecule is CCCCN(c1cc(C)nc(NCCC)n1)C(C)CC. The monoisotopic (exact) mass is 278 g/mol. The summed E-state index contributed by atoms with van der Waals surface area (Å²) < 4.78 is 0. The maximum atomic E-state index is 4.70. The lowest BCUT2D eigenvalue weighted by Crippen LogP contribution is -2.34. The van der Waals surface area contributed by atoms with Crippen LogP contribution in [-0.2, 0) is 0 Å². The first kappa shape index (κ1) is 16.7. The van der Waals surface area contributed by atoms with Crippen LogP contribution in [-0.4, -0.2) is 29.1 Å². The Balaban J connectivity index is 2.95. The predicted octanol–water partition coefficient (Wildman–Crippen LogP) is 4.01. The Kier molecular flexibility index (Phi) is 7.34. The lowest BCUT2D eigenvalue weighted by molar-refractivity contribution is 0.589. The Morgan fingerprint density at radius 3 is 2.55 bits per heavy atom. The summed E-state index contributed by atoms with van der Waals surface area (Å²) in [4.78, 5) is 11.6. The van der Waals surface area contributed by atoms with Crippen molar-refractivity contribution >= 4 is 11.8 Å². The van der Waals surface area contributed by atoms with E-state index in [4.69, 9.17) is 4.98 Å². The van der Waals surface area contributed by atoms with Gasteiger partial charge in [-0.3, -0.25) is 0 Å². The number of unbranched alkanes of at least 4 members (excludes halogenated alkanes) is 1. The highest BCUT2D eigenvalue weighted by atomic mass is 15.2. The molecule has 0 aromatic carbocycles. The number of nitrogens with zero attached hydrogens (tertiary/aromatic N) is 3. The van der Waals surface area contributed by atoms with Crippen molar-refractivity contribution in [3.05, 3.63) is 11.8 Å². The molecule has 0 saturated carbocycles. The lowest BCUT2D eigenvalue weighted by Gasteiger charge is -2.30. The molecule has 20 heavy (non-hydrogen) atoms. The third-order valence-electron chi connectivity index (χ3n) is 3.54. The molecule has 0 aliphatic carbocycles. The van der Waals surface area contributed by atoms with Crippen molar-refractivity contribution in [3.63, 3.8) is 0 Å². The van der Waals surface area contributed by atoms with E-state index in [0.29, 0.717) is 6.04 Å². The van der Waals surface area contributed by atoms with Gasteiger partial charge in [0.1, 0.15) is 5.82 Å². The van der Waals surface area contributed by atoms with Gasteiger partial charge in [-0.05, 0) is 33.1 Å². The number of rotatable bonds is 9. The largest absolute Gasteiger partial charge is 0.354 e. The second-order valence-corrected chi connectivity index (χ2v) is 5.42. The van der Waals surface area contributed by atoms with Crippen molar-refractivity contribution in [3.8, 4) is 0 Å². The summed E-state index contributed by atoms with van der Waals surface area (Å²) in [5.74, 6) is 1.81. The minimum atomic E-state index is 0.509. The Morgan fingerprint density at radius 1 is 1.20 bits per heavy atom. The quantitative estimate of drug-likeness (QED) is 0.741. The summed E-state index contributed by atoms with van der Waals surface area (Å²) in [6.45, 7) is 12.9. The first-order valence-corrected chi connectivity index (χ1v) is 7.98. The van der Waals surface area contributed by atoms with Gasteiger partial charge in [-0.1, -0.05) is 27.2 Å². The normalized spacial score (nSPS) is 12.2. The summed E-state index contributed by atoms with van der Waals surface area (Å²) in [5.41, 5.74) is 1.03. The number of nitrogens with one attached hydrogen (secondary N) is 1. The van der Waals surface area contributed by atoms with E-state index in [0.717, 1.165) is 43.4 Å². The highest BCUT2D eigenvalue weighted by Crippen LogP contribution is 2.19. The van der Waals surface area contributed by atoms with Gasteiger partial charge in [0.15, 0.2) is 0 Å². The zero-order valence-electron chi connectivity index (χ0n) is 13.7. The van der Waals surface area contributed by atoms with Crippen molar-refractivity contribution in [1.82, 2.24) is 9.97 Å². The van der Waals surface area contributed by atoms with Crippen LogP contribution >= 0.6 is 0 Å². The number of aromatic nitrogens is 2. The van der Waals surface area contributed by atoms with Crippen LogP contribution < -0.4 is 10.2 Å². The van der Waals surface area contributed by atoms with Crippen molar-refractivity contribution in [1.29, 1.82) is 0 Å². The van der Waals surface area contributed by atoms with E-state index in [1.165, 1.54) is 12.8 Å². The molecule has 1 heterocycles. The Labute approximate surface area is 124 Å². The highest BCUT2D eigenvalue weighted by molar-refractivity contribution is 5.45.